The number of carbonyl (C=O) groups is 1. The Labute approximate surface area is 222 Å². The lowest BCUT2D eigenvalue weighted by molar-refractivity contribution is -0.139. The Kier molecular flexibility index (Phi) is 9.72. The monoisotopic (exact) mass is 525 g/mol. The van der Waals surface area contributed by atoms with Gasteiger partial charge in [-0.05, 0) is 56.4 Å². The van der Waals surface area contributed by atoms with Crippen molar-refractivity contribution in [3.8, 4) is 6.01 Å². The molecule has 206 valence electrons. The summed E-state index contributed by atoms with van der Waals surface area (Å²) in [6.07, 6.45) is 5.20. The maximum absolute atomic E-state index is 12.6. The lowest BCUT2D eigenvalue weighted by atomic mass is 10.0. The van der Waals surface area contributed by atoms with E-state index >= 15 is 0 Å². The maximum atomic E-state index is 12.6. The van der Waals surface area contributed by atoms with Crippen LogP contribution in [-0.2, 0) is 29.0 Å². The molecule has 0 atom stereocenters. The average molecular weight is 526 g/mol. The van der Waals surface area contributed by atoms with E-state index in [4.69, 9.17) is 15.2 Å². The molecule has 1 aliphatic heterocycles. The van der Waals surface area contributed by atoms with Crippen molar-refractivity contribution >= 4 is 23.0 Å². The first-order chi connectivity index (χ1) is 18.5. The zero-order chi connectivity index (χ0) is 26.9. The number of likely N-dealkylation sites (tertiary alicyclic amines) is 1. The number of hydrogen-bond donors (Lipinski definition) is 3. The van der Waals surface area contributed by atoms with Gasteiger partial charge in [0, 0.05) is 19.1 Å². The van der Waals surface area contributed by atoms with Crippen molar-refractivity contribution in [2.75, 3.05) is 39.1 Å². The first-order valence-corrected chi connectivity index (χ1v) is 13.5. The van der Waals surface area contributed by atoms with Crippen molar-refractivity contribution < 1.29 is 14.3 Å². The number of aromatic nitrogens is 4. The number of nitrogen functional groups attached to an aromatic ring is 1. The minimum Gasteiger partial charge on any atom is -0.469 e. The smallest absolute Gasteiger partial charge is 0.327 e. The average Bonchev–Trinajstić information content (AvgIpc) is 3.24. The van der Waals surface area contributed by atoms with Gasteiger partial charge in [0.1, 0.15) is 5.52 Å². The van der Waals surface area contributed by atoms with Crippen LogP contribution in [0.2, 0.25) is 0 Å². The fourth-order valence-corrected chi connectivity index (χ4v) is 4.70. The number of ether oxygens (including phenoxy) is 2. The summed E-state index contributed by atoms with van der Waals surface area (Å²) in [4.78, 5) is 37.8. The molecule has 4 N–H and O–H groups in total. The number of imidazole rings is 1. The second-order valence-electron chi connectivity index (χ2n) is 9.79. The summed E-state index contributed by atoms with van der Waals surface area (Å²) in [5, 5.41) is 3.66. The van der Waals surface area contributed by atoms with E-state index in [1.54, 1.807) is 4.57 Å². The highest BCUT2D eigenvalue weighted by Gasteiger charge is 2.19. The highest BCUT2D eigenvalue weighted by Crippen LogP contribution is 2.18. The summed E-state index contributed by atoms with van der Waals surface area (Å²) in [6, 6.07) is 8.77. The van der Waals surface area contributed by atoms with Crippen molar-refractivity contribution in [3.05, 3.63) is 45.9 Å². The van der Waals surface area contributed by atoms with Crippen LogP contribution >= 0.6 is 0 Å². The number of anilines is 1. The normalized spacial score (nSPS) is 14.7. The van der Waals surface area contributed by atoms with Gasteiger partial charge in [0.15, 0.2) is 11.5 Å². The van der Waals surface area contributed by atoms with Gasteiger partial charge in [-0.15, -0.1) is 0 Å². The molecule has 0 amide bonds. The molecule has 1 aliphatic rings. The second-order valence-corrected chi connectivity index (χ2v) is 9.79. The predicted molar refractivity (Wildman–Crippen MR) is 146 cm³/mol. The number of unbranched alkanes of at least 4 members (excludes halogenated alkanes) is 1. The Morgan fingerprint density at radius 2 is 1.87 bits per heavy atom. The molecule has 2 aromatic heterocycles. The van der Waals surface area contributed by atoms with Gasteiger partial charge in [-0.25, -0.2) is 4.79 Å². The Morgan fingerprint density at radius 1 is 1.13 bits per heavy atom. The molecule has 0 bridgehead atoms. The highest BCUT2D eigenvalue weighted by molar-refractivity contribution is 5.81. The number of aryl methyl sites for hydroxylation is 1. The van der Waals surface area contributed by atoms with E-state index in [-0.39, 0.29) is 23.5 Å². The van der Waals surface area contributed by atoms with Crippen LogP contribution in [0.4, 0.5) is 5.82 Å². The zero-order valence-corrected chi connectivity index (χ0v) is 22.4. The summed E-state index contributed by atoms with van der Waals surface area (Å²) >= 11 is 0. The number of fused-ring (bicyclic) bond motifs is 1. The number of nitrogens with zero attached hydrogens (tertiary/aromatic N) is 4. The molecular weight excluding hydrogens is 486 g/mol. The fourth-order valence-electron chi connectivity index (χ4n) is 4.70. The fraction of sp³-hybridized carbons (Fsp3) is 0.556. The molecule has 11 nitrogen and oxygen atoms in total. The van der Waals surface area contributed by atoms with Crippen LogP contribution in [0.3, 0.4) is 0 Å². The number of carbonyl (C=O) groups excluding carboxylic acids is 1. The number of esters is 1. The standard InChI is InChI=1S/C27H39N7O4/c1-3-4-16-38-26-31-24(28)23-25(32-26)34(27(36)30-23)13-5-12-33-14-10-21(11-15-33)29-18-20-8-6-19(7-9-20)17-22(35)37-2/h6-9,21,29H,3-5,10-18H2,1-2H3,(H,30,36)(H2,28,31,32). The zero-order valence-electron chi connectivity index (χ0n) is 22.4. The van der Waals surface area contributed by atoms with Crippen molar-refractivity contribution in [2.24, 2.45) is 0 Å². The molecule has 3 aromatic rings. The Morgan fingerprint density at radius 3 is 2.58 bits per heavy atom. The van der Waals surface area contributed by atoms with Gasteiger partial charge in [-0.2, -0.15) is 9.97 Å². The van der Waals surface area contributed by atoms with Crippen LogP contribution in [-0.4, -0.2) is 69.8 Å². The lowest BCUT2D eigenvalue weighted by Crippen LogP contribution is -2.42. The Hall–Kier alpha value is -3.44. The van der Waals surface area contributed by atoms with Crippen LogP contribution in [0, 0.1) is 0 Å². The molecular formula is C27H39N7O4. The number of hydrogen-bond acceptors (Lipinski definition) is 9. The topological polar surface area (TPSA) is 140 Å². The summed E-state index contributed by atoms with van der Waals surface area (Å²) in [6.45, 7) is 6.90. The van der Waals surface area contributed by atoms with E-state index in [1.807, 2.05) is 12.1 Å². The van der Waals surface area contributed by atoms with Crippen molar-refractivity contribution in [2.45, 2.75) is 64.6 Å². The molecule has 0 aliphatic carbocycles. The first-order valence-electron chi connectivity index (χ1n) is 13.5. The molecule has 0 saturated carbocycles. The summed E-state index contributed by atoms with van der Waals surface area (Å²) in [7, 11) is 1.41. The number of benzene rings is 1. The number of nitrogens with one attached hydrogen (secondary N) is 2. The molecule has 1 aromatic carbocycles. The third-order valence-electron chi connectivity index (χ3n) is 7.00. The second kappa shape index (κ2) is 13.4. The summed E-state index contributed by atoms with van der Waals surface area (Å²) in [5.74, 6) is 0.000381. The quantitative estimate of drug-likeness (QED) is 0.226. The van der Waals surface area contributed by atoms with Gasteiger partial charge in [-0.3, -0.25) is 9.36 Å². The molecule has 38 heavy (non-hydrogen) atoms. The van der Waals surface area contributed by atoms with Gasteiger partial charge >= 0.3 is 17.7 Å². The maximum Gasteiger partial charge on any atom is 0.327 e. The highest BCUT2D eigenvalue weighted by atomic mass is 16.5. The minimum atomic E-state index is -0.229. The summed E-state index contributed by atoms with van der Waals surface area (Å²) < 4.78 is 12.0. The molecule has 1 saturated heterocycles. The molecule has 0 spiro atoms. The molecule has 0 radical (unpaired) electrons. The van der Waals surface area contributed by atoms with Gasteiger partial charge in [0.25, 0.3) is 0 Å². The largest absolute Gasteiger partial charge is 0.469 e. The molecule has 1 fully saturated rings. The number of H-pyrrole nitrogens is 1. The van der Waals surface area contributed by atoms with Gasteiger partial charge in [0.2, 0.25) is 0 Å². The van der Waals surface area contributed by atoms with Gasteiger partial charge < -0.3 is 30.4 Å². The van der Waals surface area contributed by atoms with E-state index in [9.17, 15) is 9.59 Å². The van der Waals surface area contributed by atoms with Crippen LogP contribution in [0.15, 0.2) is 29.1 Å². The molecule has 3 heterocycles. The molecule has 4 rings (SSSR count). The SMILES string of the molecule is CCCCOc1nc(N)c2[nH]c(=O)n(CCCN3CCC(NCc4ccc(CC(=O)OC)cc4)CC3)c2n1. The van der Waals surface area contributed by atoms with Crippen LogP contribution in [0.1, 0.15) is 50.2 Å². The van der Waals surface area contributed by atoms with Crippen molar-refractivity contribution in [1.82, 2.24) is 29.7 Å². The third kappa shape index (κ3) is 7.32. The van der Waals surface area contributed by atoms with E-state index in [1.165, 1.54) is 12.7 Å². The Bertz CT molecular complexity index is 1250. The van der Waals surface area contributed by atoms with E-state index in [2.05, 4.69) is 44.2 Å². The predicted octanol–water partition coefficient (Wildman–Crippen LogP) is 2.24. The van der Waals surface area contributed by atoms with E-state index in [0.29, 0.717) is 36.8 Å². The first kappa shape index (κ1) is 27.6. The van der Waals surface area contributed by atoms with Crippen LogP contribution in [0.25, 0.3) is 11.2 Å². The number of piperidine rings is 1. The number of rotatable bonds is 13. The van der Waals surface area contributed by atoms with Crippen LogP contribution < -0.4 is 21.5 Å². The van der Waals surface area contributed by atoms with Crippen LogP contribution in [0.5, 0.6) is 6.01 Å². The third-order valence-corrected chi connectivity index (χ3v) is 7.00. The molecule has 11 heteroatoms. The number of nitrogens with two attached hydrogens (primary N) is 1. The molecule has 0 unspecified atom stereocenters. The van der Waals surface area contributed by atoms with Gasteiger partial charge in [-0.1, -0.05) is 37.6 Å². The van der Waals surface area contributed by atoms with E-state index < -0.39 is 0 Å². The Balaban J connectivity index is 1.21. The van der Waals surface area contributed by atoms with Crippen molar-refractivity contribution in [3.63, 3.8) is 0 Å². The summed E-state index contributed by atoms with van der Waals surface area (Å²) in [5.41, 5.74) is 8.94. The van der Waals surface area contributed by atoms with Crippen molar-refractivity contribution in [1.29, 1.82) is 0 Å². The minimum absolute atomic E-state index is 0.211. The van der Waals surface area contributed by atoms with E-state index in [0.717, 1.165) is 63.8 Å². The lowest BCUT2D eigenvalue weighted by Gasteiger charge is -2.32. The number of aromatic amines is 1. The van der Waals surface area contributed by atoms with Gasteiger partial charge in [0.05, 0.1) is 20.1 Å². The number of methoxy groups -OCH3 is 1.